The third-order valence-electron chi connectivity index (χ3n) is 3.95. The zero-order chi connectivity index (χ0) is 16.9. The lowest BCUT2D eigenvalue weighted by Crippen LogP contribution is -2.42. The van der Waals surface area contributed by atoms with Crippen LogP contribution in [0, 0.1) is 5.82 Å². The molecule has 0 radical (unpaired) electrons. The second-order valence-electron chi connectivity index (χ2n) is 5.61. The summed E-state index contributed by atoms with van der Waals surface area (Å²) in [5.41, 5.74) is 1.50. The molecule has 1 amide bonds. The molecule has 0 saturated carbocycles. The number of carbonyl (C=O) groups excluding carboxylic acids is 1. The molecule has 3 rings (SSSR count). The third kappa shape index (κ3) is 3.54. The summed E-state index contributed by atoms with van der Waals surface area (Å²) >= 11 is 0. The number of halogens is 1. The quantitative estimate of drug-likeness (QED) is 0.815. The predicted octanol–water partition coefficient (Wildman–Crippen LogP) is 2.20. The van der Waals surface area contributed by atoms with Crippen LogP contribution in [0.25, 0.3) is 0 Å². The molecule has 1 aromatic carbocycles. The van der Waals surface area contributed by atoms with Crippen molar-refractivity contribution in [2.45, 2.75) is 19.1 Å². The van der Waals surface area contributed by atoms with E-state index in [9.17, 15) is 9.18 Å². The molecule has 2 aromatic rings. The molecular weight excluding hydrogens is 311 g/mol. The number of amides is 1. The minimum atomic E-state index is -0.711. The zero-order valence-corrected chi connectivity index (χ0v) is 13.4. The fourth-order valence-corrected chi connectivity index (χ4v) is 2.73. The van der Waals surface area contributed by atoms with Gasteiger partial charge in [-0.3, -0.25) is 9.78 Å². The van der Waals surface area contributed by atoms with E-state index in [1.807, 2.05) is 18.2 Å². The second-order valence-corrected chi connectivity index (χ2v) is 5.61. The van der Waals surface area contributed by atoms with Crippen LogP contribution < -0.4 is 4.74 Å². The molecular formula is C18H19FN2O3. The minimum absolute atomic E-state index is 0.181. The first-order valence-electron chi connectivity index (χ1n) is 7.80. The fraction of sp³-hybridized carbons (Fsp3) is 0.333. The number of rotatable bonds is 6. The summed E-state index contributed by atoms with van der Waals surface area (Å²) < 4.78 is 24.5. The van der Waals surface area contributed by atoms with Crippen LogP contribution in [0.4, 0.5) is 4.39 Å². The van der Waals surface area contributed by atoms with E-state index in [-0.39, 0.29) is 11.7 Å². The second kappa shape index (κ2) is 7.40. The number of carbonyl (C=O) groups is 1. The number of pyridine rings is 1. The van der Waals surface area contributed by atoms with Gasteiger partial charge in [-0.1, -0.05) is 18.2 Å². The number of methoxy groups -OCH3 is 1. The molecule has 0 fully saturated rings. The maximum absolute atomic E-state index is 13.8. The van der Waals surface area contributed by atoms with Crippen LogP contribution in [0.1, 0.15) is 11.3 Å². The average Bonchev–Trinajstić information content (AvgIpc) is 3.04. The van der Waals surface area contributed by atoms with Gasteiger partial charge in [0.05, 0.1) is 18.8 Å². The van der Waals surface area contributed by atoms with E-state index in [0.717, 1.165) is 11.3 Å². The van der Waals surface area contributed by atoms with E-state index >= 15 is 0 Å². The maximum atomic E-state index is 13.8. The fourth-order valence-electron chi connectivity index (χ4n) is 2.73. The molecule has 6 heteroatoms. The largest absolute Gasteiger partial charge is 0.477 e. The van der Waals surface area contributed by atoms with E-state index in [0.29, 0.717) is 26.1 Å². The highest BCUT2D eigenvalue weighted by molar-refractivity contribution is 5.82. The Morgan fingerprint density at radius 3 is 2.96 bits per heavy atom. The van der Waals surface area contributed by atoms with Crippen molar-refractivity contribution in [1.82, 2.24) is 9.88 Å². The molecule has 0 spiro atoms. The molecule has 1 atom stereocenters. The van der Waals surface area contributed by atoms with E-state index < -0.39 is 11.9 Å². The molecule has 0 saturated heterocycles. The van der Waals surface area contributed by atoms with Gasteiger partial charge in [0, 0.05) is 31.8 Å². The SMILES string of the molecule is COCCN(Cc1ccccn1)C(=O)[C@H]1Cc2cccc(F)c2O1. The van der Waals surface area contributed by atoms with Crippen LogP contribution in [0.2, 0.25) is 0 Å². The summed E-state index contributed by atoms with van der Waals surface area (Å²) in [7, 11) is 1.58. The number of nitrogens with zero attached hydrogens (tertiary/aromatic N) is 2. The Labute approximate surface area is 140 Å². The van der Waals surface area contributed by atoms with Crippen LogP contribution in [-0.2, 0) is 22.5 Å². The molecule has 1 aliphatic rings. The van der Waals surface area contributed by atoms with Gasteiger partial charge in [0.2, 0.25) is 0 Å². The summed E-state index contributed by atoms with van der Waals surface area (Å²) in [5, 5.41) is 0. The van der Waals surface area contributed by atoms with E-state index in [2.05, 4.69) is 4.98 Å². The standard InChI is InChI=1S/C18H19FN2O3/c1-23-10-9-21(12-14-6-2-3-8-20-14)18(22)16-11-13-5-4-7-15(19)17(13)24-16/h2-8,16H,9-12H2,1H3/t16-/m1/s1. The van der Waals surface area contributed by atoms with Gasteiger partial charge >= 0.3 is 0 Å². The number of para-hydroxylation sites is 1. The van der Waals surface area contributed by atoms with Crippen molar-refractivity contribution >= 4 is 5.91 Å². The van der Waals surface area contributed by atoms with Gasteiger partial charge in [-0.05, 0) is 18.2 Å². The van der Waals surface area contributed by atoms with E-state index in [1.165, 1.54) is 6.07 Å². The highest BCUT2D eigenvalue weighted by Gasteiger charge is 2.34. The van der Waals surface area contributed by atoms with Gasteiger partial charge in [-0.15, -0.1) is 0 Å². The van der Waals surface area contributed by atoms with E-state index in [4.69, 9.17) is 9.47 Å². The molecule has 5 nitrogen and oxygen atoms in total. The normalized spacial score (nSPS) is 15.7. The Bertz CT molecular complexity index is 709. The number of hydrogen-bond acceptors (Lipinski definition) is 4. The molecule has 24 heavy (non-hydrogen) atoms. The number of fused-ring (bicyclic) bond motifs is 1. The molecule has 0 unspecified atom stereocenters. The van der Waals surface area contributed by atoms with Gasteiger partial charge in [0.1, 0.15) is 0 Å². The number of hydrogen-bond donors (Lipinski definition) is 0. The molecule has 1 aromatic heterocycles. The van der Waals surface area contributed by atoms with Crippen molar-refractivity contribution in [1.29, 1.82) is 0 Å². The summed E-state index contributed by atoms with van der Waals surface area (Å²) in [6.07, 6.45) is 1.35. The van der Waals surface area contributed by atoms with Gasteiger partial charge < -0.3 is 14.4 Å². The van der Waals surface area contributed by atoms with Crippen LogP contribution in [-0.4, -0.2) is 42.2 Å². The van der Waals surface area contributed by atoms with Crippen molar-refractivity contribution < 1.29 is 18.7 Å². The summed E-state index contributed by atoms with van der Waals surface area (Å²) in [5.74, 6) is -0.440. The van der Waals surface area contributed by atoms with Gasteiger partial charge in [0.25, 0.3) is 5.91 Å². The van der Waals surface area contributed by atoms with Crippen molar-refractivity contribution in [3.63, 3.8) is 0 Å². The number of aromatic nitrogens is 1. The summed E-state index contributed by atoms with van der Waals surface area (Å²) in [4.78, 5) is 18.7. The van der Waals surface area contributed by atoms with Crippen LogP contribution in [0.5, 0.6) is 5.75 Å². The Balaban J connectivity index is 1.73. The number of benzene rings is 1. The average molecular weight is 330 g/mol. The highest BCUT2D eigenvalue weighted by Crippen LogP contribution is 2.32. The first kappa shape index (κ1) is 16.4. The van der Waals surface area contributed by atoms with Crippen LogP contribution >= 0.6 is 0 Å². The Morgan fingerprint density at radius 1 is 1.38 bits per heavy atom. The van der Waals surface area contributed by atoms with Crippen LogP contribution in [0.3, 0.4) is 0 Å². The highest BCUT2D eigenvalue weighted by atomic mass is 19.1. The summed E-state index contributed by atoms with van der Waals surface area (Å²) in [6, 6.07) is 10.3. The van der Waals surface area contributed by atoms with Gasteiger partial charge in [-0.25, -0.2) is 4.39 Å². The van der Waals surface area contributed by atoms with Crippen LogP contribution in [0.15, 0.2) is 42.6 Å². The number of ether oxygens (including phenoxy) is 2. The van der Waals surface area contributed by atoms with Crippen molar-refractivity contribution in [3.05, 3.63) is 59.7 Å². The Kier molecular flexibility index (Phi) is 5.05. The molecule has 126 valence electrons. The lowest BCUT2D eigenvalue weighted by molar-refractivity contribution is -0.139. The Hall–Kier alpha value is -2.47. The van der Waals surface area contributed by atoms with E-state index in [1.54, 1.807) is 30.3 Å². The molecule has 0 N–H and O–H groups in total. The predicted molar refractivity (Wildman–Crippen MR) is 86.1 cm³/mol. The zero-order valence-electron chi connectivity index (χ0n) is 13.4. The van der Waals surface area contributed by atoms with Gasteiger partial charge in [0.15, 0.2) is 17.7 Å². The lowest BCUT2D eigenvalue weighted by atomic mass is 10.1. The smallest absolute Gasteiger partial charge is 0.264 e. The first-order chi connectivity index (χ1) is 11.7. The molecule has 0 bridgehead atoms. The first-order valence-corrected chi connectivity index (χ1v) is 7.80. The van der Waals surface area contributed by atoms with Gasteiger partial charge in [-0.2, -0.15) is 0 Å². The van der Waals surface area contributed by atoms with Crippen molar-refractivity contribution in [2.24, 2.45) is 0 Å². The minimum Gasteiger partial charge on any atom is -0.477 e. The molecule has 1 aliphatic heterocycles. The molecule has 2 heterocycles. The molecule has 0 aliphatic carbocycles. The monoisotopic (exact) mass is 330 g/mol. The third-order valence-corrected chi connectivity index (χ3v) is 3.95. The maximum Gasteiger partial charge on any atom is 0.264 e. The lowest BCUT2D eigenvalue weighted by Gasteiger charge is -2.24. The summed E-state index contributed by atoms with van der Waals surface area (Å²) in [6.45, 7) is 1.19. The van der Waals surface area contributed by atoms with Crippen molar-refractivity contribution in [2.75, 3.05) is 20.3 Å². The topological polar surface area (TPSA) is 51.7 Å². The Morgan fingerprint density at radius 2 is 2.25 bits per heavy atom. The van der Waals surface area contributed by atoms with Crippen molar-refractivity contribution in [3.8, 4) is 5.75 Å².